The molecule has 3 rings (SSSR count). The molecule has 0 bridgehead atoms. The van der Waals surface area contributed by atoms with Crippen molar-refractivity contribution in [3.63, 3.8) is 0 Å². The van der Waals surface area contributed by atoms with Crippen LogP contribution in [-0.2, 0) is 11.3 Å². The molecular formula is C20H25N5O. The summed E-state index contributed by atoms with van der Waals surface area (Å²) in [5.74, 6) is 0.788. The first-order valence-electron chi connectivity index (χ1n) is 8.88. The molecule has 0 saturated carbocycles. The van der Waals surface area contributed by atoms with E-state index in [0.29, 0.717) is 13.1 Å². The van der Waals surface area contributed by atoms with Gasteiger partial charge in [-0.1, -0.05) is 19.1 Å². The third-order valence-corrected chi connectivity index (χ3v) is 4.32. The average molecular weight is 351 g/mol. The Labute approximate surface area is 153 Å². The summed E-state index contributed by atoms with van der Waals surface area (Å²) >= 11 is 0. The molecule has 0 aliphatic rings. The highest BCUT2D eigenvalue weighted by atomic mass is 16.2. The number of likely N-dealkylation sites (N-methyl/N-ethyl adjacent to an activating group) is 1. The van der Waals surface area contributed by atoms with Crippen LogP contribution in [0.5, 0.6) is 0 Å². The van der Waals surface area contributed by atoms with Crippen molar-refractivity contribution in [1.29, 1.82) is 0 Å². The number of rotatable bonds is 7. The van der Waals surface area contributed by atoms with Gasteiger partial charge in [0, 0.05) is 18.9 Å². The van der Waals surface area contributed by atoms with Gasteiger partial charge in [-0.3, -0.25) is 14.7 Å². The Balaban J connectivity index is 1.62. The van der Waals surface area contributed by atoms with E-state index in [1.54, 1.807) is 6.20 Å². The van der Waals surface area contributed by atoms with Crippen LogP contribution < -0.4 is 5.32 Å². The number of carbonyl (C=O) groups excluding carboxylic acids is 1. The number of aromatic nitrogens is 3. The number of imidazole rings is 1. The van der Waals surface area contributed by atoms with E-state index in [1.165, 1.54) is 5.56 Å². The quantitative estimate of drug-likeness (QED) is 0.686. The van der Waals surface area contributed by atoms with Gasteiger partial charge in [-0.05, 0) is 49.7 Å². The number of nitrogens with one attached hydrogen (secondary N) is 2. The van der Waals surface area contributed by atoms with Gasteiger partial charge in [-0.25, -0.2) is 4.98 Å². The van der Waals surface area contributed by atoms with Crippen molar-refractivity contribution in [3.05, 3.63) is 59.7 Å². The summed E-state index contributed by atoms with van der Waals surface area (Å²) in [5.41, 5.74) is 4.19. The Morgan fingerprint density at radius 1 is 1.35 bits per heavy atom. The standard InChI is InChI=1S/C20H25N5O/c1-4-16(20-23-17-8-7-14(2)10-18(17)24-20)22-19(26)13-25(3)12-15-6-5-9-21-11-15/h5-11,16H,4,12-13H2,1-3H3,(H,22,26)(H,23,24). The second-order valence-corrected chi connectivity index (χ2v) is 6.70. The van der Waals surface area contributed by atoms with Crippen LogP contribution in [0.3, 0.4) is 0 Å². The molecule has 1 amide bonds. The number of aryl methyl sites for hydroxylation is 1. The summed E-state index contributed by atoms with van der Waals surface area (Å²) in [6.07, 6.45) is 4.34. The van der Waals surface area contributed by atoms with Gasteiger partial charge in [-0.15, -0.1) is 0 Å². The lowest BCUT2D eigenvalue weighted by Gasteiger charge is -2.19. The van der Waals surface area contributed by atoms with Crippen LogP contribution in [0.1, 0.15) is 36.3 Å². The van der Waals surface area contributed by atoms with Crippen molar-refractivity contribution in [1.82, 2.24) is 25.2 Å². The lowest BCUT2D eigenvalue weighted by molar-refractivity contribution is -0.122. The van der Waals surface area contributed by atoms with Crippen molar-refractivity contribution >= 4 is 16.9 Å². The first-order chi connectivity index (χ1) is 12.5. The molecule has 26 heavy (non-hydrogen) atoms. The fourth-order valence-electron chi connectivity index (χ4n) is 3.02. The van der Waals surface area contributed by atoms with Gasteiger partial charge in [0.15, 0.2) is 0 Å². The first kappa shape index (κ1) is 18.1. The highest BCUT2D eigenvalue weighted by Crippen LogP contribution is 2.19. The van der Waals surface area contributed by atoms with E-state index in [-0.39, 0.29) is 11.9 Å². The van der Waals surface area contributed by atoms with Gasteiger partial charge in [0.2, 0.25) is 5.91 Å². The number of H-pyrrole nitrogens is 1. The zero-order valence-electron chi connectivity index (χ0n) is 15.5. The number of pyridine rings is 1. The average Bonchev–Trinajstić information content (AvgIpc) is 3.03. The van der Waals surface area contributed by atoms with E-state index < -0.39 is 0 Å². The van der Waals surface area contributed by atoms with E-state index in [1.807, 2.05) is 49.3 Å². The monoisotopic (exact) mass is 351 g/mol. The molecule has 0 aliphatic carbocycles. The van der Waals surface area contributed by atoms with Crippen LogP contribution in [0, 0.1) is 6.92 Å². The van der Waals surface area contributed by atoms with Gasteiger partial charge in [0.25, 0.3) is 0 Å². The topological polar surface area (TPSA) is 73.9 Å². The van der Waals surface area contributed by atoms with E-state index in [9.17, 15) is 4.79 Å². The summed E-state index contributed by atoms with van der Waals surface area (Å²) < 4.78 is 0. The Morgan fingerprint density at radius 2 is 2.19 bits per heavy atom. The second-order valence-electron chi connectivity index (χ2n) is 6.70. The highest BCUT2D eigenvalue weighted by molar-refractivity contribution is 5.79. The van der Waals surface area contributed by atoms with E-state index in [0.717, 1.165) is 28.8 Å². The first-order valence-corrected chi connectivity index (χ1v) is 8.88. The fourth-order valence-corrected chi connectivity index (χ4v) is 3.02. The molecule has 0 fully saturated rings. The number of amides is 1. The number of nitrogens with zero attached hydrogens (tertiary/aromatic N) is 3. The molecule has 6 nitrogen and oxygen atoms in total. The van der Waals surface area contributed by atoms with Crippen LogP contribution in [0.4, 0.5) is 0 Å². The van der Waals surface area contributed by atoms with Crippen LogP contribution in [0.2, 0.25) is 0 Å². The van der Waals surface area contributed by atoms with Crippen LogP contribution in [0.15, 0.2) is 42.7 Å². The highest BCUT2D eigenvalue weighted by Gasteiger charge is 2.17. The van der Waals surface area contributed by atoms with Gasteiger partial charge in [0.1, 0.15) is 5.82 Å². The number of aromatic amines is 1. The van der Waals surface area contributed by atoms with Crippen molar-refractivity contribution in [2.45, 2.75) is 32.9 Å². The Kier molecular flexibility index (Phi) is 5.63. The molecule has 136 valence electrons. The Hall–Kier alpha value is -2.73. The van der Waals surface area contributed by atoms with Crippen molar-refractivity contribution < 1.29 is 4.79 Å². The summed E-state index contributed by atoms with van der Waals surface area (Å²) in [6.45, 7) is 5.10. The molecule has 1 aromatic carbocycles. The third kappa shape index (κ3) is 4.46. The maximum absolute atomic E-state index is 12.4. The smallest absolute Gasteiger partial charge is 0.234 e. The van der Waals surface area contributed by atoms with E-state index in [4.69, 9.17) is 0 Å². The lowest BCUT2D eigenvalue weighted by atomic mass is 10.2. The summed E-state index contributed by atoms with van der Waals surface area (Å²) in [5, 5.41) is 3.09. The molecule has 0 aliphatic heterocycles. The fraction of sp³-hybridized carbons (Fsp3) is 0.350. The number of carbonyl (C=O) groups is 1. The zero-order valence-corrected chi connectivity index (χ0v) is 15.5. The minimum atomic E-state index is -0.123. The predicted molar refractivity (Wildman–Crippen MR) is 103 cm³/mol. The molecule has 0 radical (unpaired) electrons. The SMILES string of the molecule is CCC(NC(=O)CN(C)Cc1cccnc1)c1nc2ccc(C)cc2[nH]1. The number of fused-ring (bicyclic) bond motifs is 1. The third-order valence-electron chi connectivity index (χ3n) is 4.32. The number of benzene rings is 1. The predicted octanol–water partition coefficient (Wildman–Crippen LogP) is 2.97. The van der Waals surface area contributed by atoms with Crippen LogP contribution in [0.25, 0.3) is 11.0 Å². The minimum absolute atomic E-state index is 0.0140. The number of hydrogen-bond acceptors (Lipinski definition) is 4. The van der Waals surface area contributed by atoms with Gasteiger partial charge >= 0.3 is 0 Å². The van der Waals surface area contributed by atoms with Gasteiger partial charge < -0.3 is 10.3 Å². The summed E-state index contributed by atoms with van der Waals surface area (Å²) in [7, 11) is 1.93. The van der Waals surface area contributed by atoms with E-state index in [2.05, 4.69) is 33.3 Å². The van der Waals surface area contributed by atoms with Crippen molar-refractivity contribution in [2.75, 3.05) is 13.6 Å². The molecule has 0 saturated heterocycles. The Morgan fingerprint density at radius 3 is 2.92 bits per heavy atom. The van der Waals surface area contributed by atoms with Crippen LogP contribution >= 0.6 is 0 Å². The van der Waals surface area contributed by atoms with Crippen LogP contribution in [-0.4, -0.2) is 39.4 Å². The maximum Gasteiger partial charge on any atom is 0.234 e. The lowest BCUT2D eigenvalue weighted by Crippen LogP contribution is -2.37. The number of hydrogen-bond donors (Lipinski definition) is 2. The molecule has 2 aromatic heterocycles. The molecular weight excluding hydrogens is 326 g/mol. The van der Waals surface area contributed by atoms with Gasteiger partial charge in [-0.2, -0.15) is 0 Å². The van der Waals surface area contributed by atoms with Crippen molar-refractivity contribution in [3.8, 4) is 0 Å². The zero-order chi connectivity index (χ0) is 18.5. The largest absolute Gasteiger partial charge is 0.345 e. The summed E-state index contributed by atoms with van der Waals surface area (Å²) in [6, 6.07) is 9.90. The van der Waals surface area contributed by atoms with Crippen molar-refractivity contribution in [2.24, 2.45) is 0 Å². The molecule has 2 heterocycles. The molecule has 0 spiro atoms. The second kappa shape index (κ2) is 8.10. The minimum Gasteiger partial charge on any atom is -0.345 e. The molecule has 1 atom stereocenters. The Bertz CT molecular complexity index is 874. The summed E-state index contributed by atoms with van der Waals surface area (Å²) in [4.78, 5) is 26.5. The van der Waals surface area contributed by atoms with E-state index >= 15 is 0 Å². The molecule has 6 heteroatoms. The molecule has 2 N–H and O–H groups in total. The normalized spacial score (nSPS) is 12.5. The molecule has 1 unspecified atom stereocenters. The maximum atomic E-state index is 12.4. The molecule has 3 aromatic rings. The van der Waals surface area contributed by atoms with Gasteiger partial charge in [0.05, 0.1) is 23.6 Å².